The molecule has 13 heteroatoms. The topological polar surface area (TPSA) is 61.9 Å². The molecule has 2 aromatic carbocycles. The number of hydrogen-bond acceptors (Lipinski definition) is 5. The lowest BCUT2D eigenvalue weighted by atomic mass is 9.93. The van der Waals surface area contributed by atoms with Crippen LogP contribution in [0.3, 0.4) is 0 Å². The van der Waals surface area contributed by atoms with Crippen LogP contribution in [-0.2, 0) is 26.7 Å². The van der Waals surface area contributed by atoms with Gasteiger partial charge in [-0.25, -0.2) is 0 Å². The van der Waals surface area contributed by atoms with Crippen molar-refractivity contribution in [3.63, 3.8) is 0 Å². The minimum absolute atomic E-state index is 0.0317. The SMILES string of the molecule is CN(C)C(=O)CC1CCN(C(=O)C=Cc2ccc(Sc3cccc(NC4CCOCC4)c3)c(C(F)(F)F)c2C(F)(F)F)CC1. The summed E-state index contributed by atoms with van der Waals surface area (Å²) in [6, 6.07) is 8.64. The lowest BCUT2D eigenvalue weighted by Crippen LogP contribution is -2.38. The highest BCUT2D eigenvalue weighted by Crippen LogP contribution is 2.48. The Bertz CT molecular complexity index is 1350. The second kappa shape index (κ2) is 14.3. The highest BCUT2D eigenvalue weighted by atomic mass is 32.2. The standard InChI is InChI=1S/C31H35F6N3O3S/c1-39(2)27(42)18-20-10-14-40(15-11-20)26(41)9-7-21-6-8-25(29(31(35,36)37)28(21)30(32,33)34)44-24-5-3-4-23(19-24)38-22-12-16-43-17-13-22/h3-9,19-20,22,38H,10-18H2,1-2H3. The molecule has 0 aliphatic carbocycles. The zero-order valence-electron chi connectivity index (χ0n) is 24.4. The number of ether oxygens (including phenoxy) is 1. The Hall–Kier alpha value is -3.19. The molecule has 6 nitrogen and oxygen atoms in total. The fourth-order valence-corrected chi connectivity index (χ4v) is 6.36. The zero-order valence-corrected chi connectivity index (χ0v) is 25.2. The number of anilines is 1. The molecule has 2 aliphatic heterocycles. The van der Waals surface area contributed by atoms with Crippen molar-refractivity contribution in [3.05, 3.63) is 59.2 Å². The number of benzene rings is 2. The number of alkyl halides is 6. The molecule has 0 radical (unpaired) electrons. The van der Waals surface area contributed by atoms with E-state index in [9.17, 15) is 35.9 Å². The lowest BCUT2D eigenvalue weighted by Gasteiger charge is -2.31. The molecule has 240 valence electrons. The van der Waals surface area contributed by atoms with Crippen molar-refractivity contribution in [2.75, 3.05) is 45.7 Å². The third-order valence-corrected chi connectivity index (χ3v) is 8.76. The van der Waals surface area contributed by atoms with Gasteiger partial charge in [0, 0.05) is 74.4 Å². The Morgan fingerprint density at radius 3 is 2.25 bits per heavy atom. The van der Waals surface area contributed by atoms with Crippen LogP contribution in [0.2, 0.25) is 0 Å². The van der Waals surface area contributed by atoms with Crippen LogP contribution in [-0.4, -0.2) is 68.1 Å². The van der Waals surface area contributed by atoms with Gasteiger partial charge in [-0.15, -0.1) is 0 Å². The molecule has 4 rings (SSSR count). The molecule has 2 saturated heterocycles. The van der Waals surface area contributed by atoms with Crippen LogP contribution >= 0.6 is 11.8 Å². The van der Waals surface area contributed by atoms with Gasteiger partial charge < -0.3 is 19.9 Å². The van der Waals surface area contributed by atoms with E-state index in [1.54, 1.807) is 38.4 Å². The summed E-state index contributed by atoms with van der Waals surface area (Å²) >= 11 is 0.598. The maximum Gasteiger partial charge on any atom is 0.418 e. The van der Waals surface area contributed by atoms with Crippen molar-refractivity contribution in [2.45, 2.75) is 60.3 Å². The molecule has 0 spiro atoms. The van der Waals surface area contributed by atoms with Crippen molar-refractivity contribution >= 4 is 35.3 Å². The molecule has 2 aliphatic rings. The van der Waals surface area contributed by atoms with E-state index in [0.717, 1.165) is 37.1 Å². The van der Waals surface area contributed by atoms with Crippen LogP contribution < -0.4 is 5.32 Å². The Morgan fingerprint density at radius 1 is 0.977 bits per heavy atom. The lowest BCUT2D eigenvalue weighted by molar-refractivity contribution is -0.163. The highest BCUT2D eigenvalue weighted by molar-refractivity contribution is 7.99. The molecular formula is C31H35F6N3O3S. The number of carbonyl (C=O) groups excluding carboxylic acids is 2. The van der Waals surface area contributed by atoms with Gasteiger partial charge in [0.05, 0.1) is 11.1 Å². The average molecular weight is 644 g/mol. The summed E-state index contributed by atoms with van der Waals surface area (Å²) in [5.41, 5.74) is -3.72. The minimum Gasteiger partial charge on any atom is -0.382 e. The van der Waals surface area contributed by atoms with Gasteiger partial charge in [0.15, 0.2) is 0 Å². The monoisotopic (exact) mass is 643 g/mol. The number of hydrogen-bond donors (Lipinski definition) is 1. The van der Waals surface area contributed by atoms with Crippen LogP contribution in [0, 0.1) is 5.92 Å². The summed E-state index contributed by atoms with van der Waals surface area (Å²) in [5.74, 6) is -0.556. The van der Waals surface area contributed by atoms with Crippen LogP contribution in [0.25, 0.3) is 6.08 Å². The highest BCUT2D eigenvalue weighted by Gasteiger charge is 2.46. The molecule has 0 atom stereocenters. The first-order valence-corrected chi connectivity index (χ1v) is 15.1. The number of rotatable bonds is 8. The van der Waals surface area contributed by atoms with Gasteiger partial charge >= 0.3 is 12.4 Å². The summed E-state index contributed by atoms with van der Waals surface area (Å²) < 4.78 is 91.1. The predicted octanol–water partition coefficient (Wildman–Crippen LogP) is 7.20. The number of amides is 2. The van der Waals surface area contributed by atoms with Crippen molar-refractivity contribution in [2.24, 2.45) is 5.92 Å². The summed E-state index contributed by atoms with van der Waals surface area (Å²) in [7, 11) is 3.31. The summed E-state index contributed by atoms with van der Waals surface area (Å²) in [6.07, 6.45) is -6.02. The Morgan fingerprint density at radius 2 is 1.64 bits per heavy atom. The first-order chi connectivity index (χ1) is 20.7. The van der Waals surface area contributed by atoms with Crippen LogP contribution in [0.1, 0.15) is 48.8 Å². The van der Waals surface area contributed by atoms with Gasteiger partial charge in [-0.3, -0.25) is 9.59 Å². The Balaban J connectivity index is 1.55. The van der Waals surface area contributed by atoms with E-state index in [1.807, 2.05) is 0 Å². The normalized spacial score (nSPS) is 17.2. The van der Waals surface area contributed by atoms with E-state index in [1.165, 1.54) is 9.80 Å². The zero-order chi connectivity index (χ0) is 32.1. The van der Waals surface area contributed by atoms with Crippen LogP contribution in [0.4, 0.5) is 32.0 Å². The summed E-state index contributed by atoms with van der Waals surface area (Å²) in [4.78, 5) is 27.4. The van der Waals surface area contributed by atoms with Crippen molar-refractivity contribution < 1.29 is 40.7 Å². The molecule has 44 heavy (non-hydrogen) atoms. The Kier molecular flexibility index (Phi) is 10.9. The van der Waals surface area contributed by atoms with Crippen LogP contribution in [0.15, 0.2) is 52.3 Å². The number of nitrogens with one attached hydrogen (secondary N) is 1. The first kappa shape index (κ1) is 33.7. The fourth-order valence-electron chi connectivity index (χ4n) is 5.32. The summed E-state index contributed by atoms with van der Waals surface area (Å²) in [6.45, 7) is 1.77. The van der Waals surface area contributed by atoms with Gasteiger partial charge in [-0.1, -0.05) is 23.9 Å². The van der Waals surface area contributed by atoms with Gasteiger partial charge in [-0.05, 0) is 67.5 Å². The number of halogens is 6. The van der Waals surface area contributed by atoms with Crippen molar-refractivity contribution in [1.82, 2.24) is 9.80 Å². The summed E-state index contributed by atoms with van der Waals surface area (Å²) in [5, 5.41) is 3.31. The maximum atomic E-state index is 14.3. The van der Waals surface area contributed by atoms with E-state index >= 15 is 0 Å². The van der Waals surface area contributed by atoms with E-state index in [0.29, 0.717) is 67.9 Å². The third-order valence-electron chi connectivity index (χ3n) is 7.71. The Labute approximate surface area is 256 Å². The molecule has 2 aromatic rings. The number of likely N-dealkylation sites (tertiary alicyclic amines) is 1. The second-order valence-corrected chi connectivity index (χ2v) is 12.3. The smallest absolute Gasteiger partial charge is 0.382 e. The second-order valence-electron chi connectivity index (χ2n) is 11.2. The van der Waals surface area contributed by atoms with Gasteiger partial charge in [-0.2, -0.15) is 26.3 Å². The molecule has 2 heterocycles. The molecule has 2 fully saturated rings. The van der Waals surface area contributed by atoms with E-state index in [2.05, 4.69) is 5.32 Å². The first-order valence-electron chi connectivity index (χ1n) is 14.3. The van der Waals surface area contributed by atoms with Gasteiger partial charge in [0.2, 0.25) is 11.8 Å². The molecule has 2 amide bonds. The third kappa shape index (κ3) is 8.93. The van der Waals surface area contributed by atoms with Crippen LogP contribution in [0.5, 0.6) is 0 Å². The van der Waals surface area contributed by atoms with Gasteiger partial charge in [0.25, 0.3) is 0 Å². The van der Waals surface area contributed by atoms with Gasteiger partial charge in [0.1, 0.15) is 0 Å². The van der Waals surface area contributed by atoms with Crippen molar-refractivity contribution in [1.29, 1.82) is 0 Å². The molecule has 1 N–H and O–H groups in total. The molecule has 0 bridgehead atoms. The number of nitrogens with zero attached hydrogens (tertiary/aromatic N) is 2. The number of piperidine rings is 1. The van der Waals surface area contributed by atoms with E-state index < -0.39 is 39.8 Å². The largest absolute Gasteiger partial charge is 0.418 e. The minimum atomic E-state index is -5.34. The molecule has 0 saturated carbocycles. The molecule has 0 unspecified atom stereocenters. The predicted molar refractivity (Wildman–Crippen MR) is 156 cm³/mol. The fraction of sp³-hybridized carbons (Fsp3) is 0.484. The van der Waals surface area contributed by atoms with E-state index in [-0.39, 0.29) is 17.9 Å². The average Bonchev–Trinajstić information content (AvgIpc) is 2.96. The quantitative estimate of drug-likeness (QED) is 0.244. The molecular weight excluding hydrogens is 608 g/mol. The van der Waals surface area contributed by atoms with Crippen molar-refractivity contribution in [3.8, 4) is 0 Å². The number of carbonyl (C=O) groups is 2. The van der Waals surface area contributed by atoms with E-state index in [4.69, 9.17) is 4.74 Å². The maximum absolute atomic E-state index is 14.3. The molecule has 0 aromatic heterocycles.